The number of carbonyl (C=O) groups is 1. The van der Waals surface area contributed by atoms with Gasteiger partial charge in [0.25, 0.3) is 0 Å². The summed E-state index contributed by atoms with van der Waals surface area (Å²) in [5.41, 5.74) is 0.331. The van der Waals surface area contributed by atoms with Gasteiger partial charge in [-0.25, -0.2) is 4.79 Å². The number of rotatable bonds is 6. The molecule has 18 heavy (non-hydrogen) atoms. The molecule has 1 rings (SSSR count). The van der Waals surface area contributed by atoms with Crippen LogP contribution in [0, 0.1) is 0 Å². The van der Waals surface area contributed by atoms with E-state index in [1.165, 1.54) is 0 Å². The van der Waals surface area contributed by atoms with E-state index in [1.807, 2.05) is 13.8 Å². The van der Waals surface area contributed by atoms with Crippen LogP contribution in [0.5, 0.6) is 0 Å². The minimum atomic E-state index is -0.879. The number of benzene rings is 1. The van der Waals surface area contributed by atoms with Crippen LogP contribution in [0.2, 0.25) is 0 Å². The Morgan fingerprint density at radius 3 is 1.94 bits per heavy atom. The topological polar surface area (TPSA) is 76.0 Å². The zero-order chi connectivity index (χ0) is 13.8. The van der Waals surface area contributed by atoms with E-state index in [0.29, 0.717) is 18.8 Å². The number of carboxylic acid groups (broad SMARTS) is 1. The number of ether oxygens (including phenoxy) is 2. The molecule has 2 N–H and O–H groups in total. The van der Waals surface area contributed by atoms with Crippen LogP contribution in [0.4, 0.5) is 0 Å². The lowest BCUT2D eigenvalue weighted by molar-refractivity contribution is -0.156. The molecule has 0 aliphatic rings. The van der Waals surface area contributed by atoms with E-state index in [1.54, 1.807) is 30.3 Å². The third kappa shape index (κ3) is 7.78. The number of aliphatic hydroxyl groups is 1. The minimum absolute atomic E-state index is 0.0678. The fourth-order valence-electron chi connectivity index (χ4n) is 1.11. The second-order valence-corrected chi connectivity index (χ2v) is 3.19. The van der Waals surface area contributed by atoms with Crippen molar-refractivity contribution in [3.05, 3.63) is 35.9 Å². The Kier molecular flexibility index (Phi) is 9.86. The van der Waals surface area contributed by atoms with Gasteiger partial charge < -0.3 is 19.7 Å². The summed E-state index contributed by atoms with van der Waals surface area (Å²) < 4.78 is 9.92. The summed E-state index contributed by atoms with van der Waals surface area (Å²) in [6.45, 7) is 4.81. The molecule has 5 nitrogen and oxygen atoms in total. The molecular formula is C13H20O5. The van der Waals surface area contributed by atoms with E-state index in [2.05, 4.69) is 0 Å². The molecule has 5 heteroatoms. The molecule has 1 aromatic carbocycles. The third-order valence-corrected chi connectivity index (χ3v) is 1.87. The van der Waals surface area contributed by atoms with Crippen molar-refractivity contribution in [3.8, 4) is 0 Å². The molecule has 0 aromatic heterocycles. The van der Waals surface area contributed by atoms with Crippen molar-refractivity contribution in [3.63, 3.8) is 0 Å². The lowest BCUT2D eigenvalue weighted by Crippen LogP contribution is -2.21. The van der Waals surface area contributed by atoms with Gasteiger partial charge in [0.15, 0.2) is 6.29 Å². The zero-order valence-corrected chi connectivity index (χ0v) is 10.7. The van der Waals surface area contributed by atoms with E-state index in [-0.39, 0.29) is 6.61 Å². The largest absolute Gasteiger partial charge is 0.478 e. The molecule has 0 heterocycles. The first-order valence-corrected chi connectivity index (χ1v) is 5.78. The second kappa shape index (κ2) is 10.7. The summed E-state index contributed by atoms with van der Waals surface area (Å²) in [4.78, 5) is 10.2. The number of hydrogen-bond donors (Lipinski definition) is 2. The van der Waals surface area contributed by atoms with E-state index in [4.69, 9.17) is 19.7 Å². The first-order valence-electron chi connectivity index (χ1n) is 5.78. The molecule has 1 aromatic rings. The molecule has 0 aliphatic heterocycles. The smallest absolute Gasteiger partial charge is 0.335 e. The third-order valence-electron chi connectivity index (χ3n) is 1.87. The number of hydrogen-bond acceptors (Lipinski definition) is 4. The number of carboxylic acids is 1. The predicted octanol–water partition coefficient (Wildman–Crippen LogP) is 1.76. The van der Waals surface area contributed by atoms with E-state index in [9.17, 15) is 4.79 Å². The number of aromatic carboxylic acids is 1. The van der Waals surface area contributed by atoms with Crippen LogP contribution in [-0.2, 0) is 9.47 Å². The quantitative estimate of drug-likeness (QED) is 0.758. The Morgan fingerprint density at radius 1 is 1.17 bits per heavy atom. The van der Waals surface area contributed by atoms with Gasteiger partial charge in [0.05, 0.1) is 12.2 Å². The molecule has 102 valence electrons. The fourth-order valence-corrected chi connectivity index (χ4v) is 1.11. The molecule has 0 aliphatic carbocycles. The van der Waals surface area contributed by atoms with E-state index >= 15 is 0 Å². The molecule has 0 fully saturated rings. The van der Waals surface area contributed by atoms with Gasteiger partial charge in [-0.3, -0.25) is 0 Å². The van der Waals surface area contributed by atoms with Gasteiger partial charge in [-0.15, -0.1) is 0 Å². The van der Waals surface area contributed by atoms with Crippen LogP contribution < -0.4 is 0 Å². The van der Waals surface area contributed by atoms with Gasteiger partial charge >= 0.3 is 5.97 Å². The molecule has 0 unspecified atom stereocenters. The molecule has 0 atom stereocenters. The highest BCUT2D eigenvalue weighted by Crippen LogP contribution is 1.96. The van der Waals surface area contributed by atoms with Crippen LogP contribution >= 0.6 is 0 Å². The highest BCUT2D eigenvalue weighted by Gasteiger charge is 2.02. The summed E-state index contributed by atoms with van der Waals surface area (Å²) in [5, 5.41) is 16.9. The summed E-state index contributed by atoms with van der Waals surface area (Å²) in [6, 6.07) is 8.30. The molecular weight excluding hydrogens is 236 g/mol. The van der Waals surface area contributed by atoms with Gasteiger partial charge in [-0.2, -0.15) is 0 Å². The molecule has 0 bridgehead atoms. The number of aliphatic hydroxyl groups excluding tert-OH is 1. The van der Waals surface area contributed by atoms with Gasteiger partial charge in [0, 0.05) is 13.2 Å². The van der Waals surface area contributed by atoms with Crippen molar-refractivity contribution in [2.45, 2.75) is 20.1 Å². The summed E-state index contributed by atoms with van der Waals surface area (Å²) >= 11 is 0. The Balaban J connectivity index is 0.000000321. The molecule has 0 saturated heterocycles. The average molecular weight is 256 g/mol. The maximum Gasteiger partial charge on any atom is 0.335 e. The van der Waals surface area contributed by atoms with Gasteiger partial charge in [0.2, 0.25) is 0 Å². The zero-order valence-electron chi connectivity index (χ0n) is 10.7. The average Bonchev–Trinajstić information content (AvgIpc) is 2.40. The highest BCUT2D eigenvalue weighted by atomic mass is 16.7. The van der Waals surface area contributed by atoms with Crippen molar-refractivity contribution < 1.29 is 24.5 Å². The molecule has 0 saturated carbocycles. The van der Waals surface area contributed by atoms with Crippen LogP contribution in [-0.4, -0.2) is 42.3 Å². The van der Waals surface area contributed by atoms with E-state index in [0.717, 1.165) is 0 Å². The van der Waals surface area contributed by atoms with Crippen molar-refractivity contribution in [1.82, 2.24) is 0 Å². The Morgan fingerprint density at radius 2 is 1.67 bits per heavy atom. The SMILES string of the molecule is CCOC(CO)OCC.O=C(O)c1ccccc1. The monoisotopic (exact) mass is 256 g/mol. The first kappa shape index (κ1) is 16.6. The molecule has 0 radical (unpaired) electrons. The maximum atomic E-state index is 10.2. The van der Waals surface area contributed by atoms with Gasteiger partial charge in [0.1, 0.15) is 0 Å². The summed E-state index contributed by atoms with van der Waals surface area (Å²) in [7, 11) is 0. The standard InChI is InChI=1S/C7H6O2.C6H14O3/c8-7(9)6-4-2-1-3-5-6;1-3-8-6(5-7)9-4-2/h1-5H,(H,8,9);6-7H,3-5H2,1-2H3. The van der Waals surface area contributed by atoms with Crippen LogP contribution in [0.1, 0.15) is 24.2 Å². The first-order chi connectivity index (χ1) is 8.65. The predicted molar refractivity (Wildman–Crippen MR) is 67.5 cm³/mol. The van der Waals surface area contributed by atoms with Crippen molar-refractivity contribution in [1.29, 1.82) is 0 Å². The highest BCUT2D eigenvalue weighted by molar-refractivity contribution is 5.87. The normalized spacial score (nSPS) is 9.78. The van der Waals surface area contributed by atoms with Crippen molar-refractivity contribution in [2.24, 2.45) is 0 Å². The maximum absolute atomic E-state index is 10.2. The molecule has 0 spiro atoms. The lowest BCUT2D eigenvalue weighted by Gasteiger charge is -2.12. The van der Waals surface area contributed by atoms with E-state index < -0.39 is 12.3 Å². The van der Waals surface area contributed by atoms with Crippen LogP contribution in [0.15, 0.2) is 30.3 Å². The van der Waals surface area contributed by atoms with Gasteiger partial charge in [-0.1, -0.05) is 18.2 Å². The van der Waals surface area contributed by atoms with Crippen molar-refractivity contribution in [2.75, 3.05) is 19.8 Å². The Labute approximate surface area is 107 Å². The molecule has 0 amide bonds. The lowest BCUT2D eigenvalue weighted by atomic mass is 10.2. The fraction of sp³-hybridized carbons (Fsp3) is 0.462. The second-order valence-electron chi connectivity index (χ2n) is 3.19. The summed E-state index contributed by atoms with van der Waals surface area (Å²) in [6.07, 6.45) is -0.431. The minimum Gasteiger partial charge on any atom is -0.478 e. The van der Waals surface area contributed by atoms with Crippen LogP contribution in [0.25, 0.3) is 0 Å². The van der Waals surface area contributed by atoms with Gasteiger partial charge in [-0.05, 0) is 26.0 Å². The van der Waals surface area contributed by atoms with Crippen LogP contribution in [0.3, 0.4) is 0 Å². The summed E-state index contributed by atoms with van der Waals surface area (Å²) in [5.74, 6) is -0.879. The Hall–Kier alpha value is -1.43. The Bertz CT molecular complexity index is 306. The van der Waals surface area contributed by atoms with Crippen molar-refractivity contribution >= 4 is 5.97 Å².